The molecule has 2 aromatic carbocycles. The van der Waals surface area contributed by atoms with Crippen LogP contribution in [0.2, 0.25) is 0 Å². The van der Waals surface area contributed by atoms with Gasteiger partial charge in [0.15, 0.2) is 18.3 Å². The van der Waals surface area contributed by atoms with Gasteiger partial charge in [0.25, 0.3) is 0 Å². The molecule has 0 amide bonds. The fourth-order valence-corrected chi connectivity index (χ4v) is 4.51. The van der Waals surface area contributed by atoms with Crippen LogP contribution in [0.5, 0.6) is 0 Å². The Labute approximate surface area is 189 Å². The second kappa shape index (κ2) is 8.32. The van der Waals surface area contributed by atoms with Crippen molar-refractivity contribution in [3.8, 4) is 0 Å². The zero-order chi connectivity index (χ0) is 23.1. The van der Waals surface area contributed by atoms with Crippen molar-refractivity contribution < 1.29 is 13.6 Å². The van der Waals surface area contributed by atoms with E-state index in [9.17, 15) is 13.6 Å². The number of unbranched alkanes of at least 4 members (excludes halogenated alkanes) is 1. The van der Waals surface area contributed by atoms with Gasteiger partial charge in [-0.2, -0.15) is 5.10 Å². The molecule has 3 N–H and O–H groups in total. The molecule has 0 radical (unpaired) electrons. The molecule has 1 atom stereocenters. The number of carbonyl (C=O) groups is 1. The Balaban J connectivity index is 1.67. The van der Waals surface area contributed by atoms with Crippen LogP contribution in [-0.2, 0) is 18.4 Å². The van der Waals surface area contributed by atoms with Crippen LogP contribution in [0, 0.1) is 11.6 Å². The Morgan fingerprint density at radius 3 is 2.52 bits per heavy atom. The SMILES string of the molecule is Cn1cc(C2=NNC(C=O)N2c2cn(CCCCN)c3ccc(F)cc23)c2cc(F)ccc21. The van der Waals surface area contributed by atoms with Crippen LogP contribution < -0.4 is 16.1 Å². The number of anilines is 1. The Morgan fingerprint density at radius 1 is 1.06 bits per heavy atom. The molecule has 1 aliphatic heterocycles. The van der Waals surface area contributed by atoms with E-state index in [2.05, 4.69) is 10.5 Å². The molecule has 0 saturated carbocycles. The zero-order valence-corrected chi connectivity index (χ0v) is 18.1. The van der Waals surface area contributed by atoms with Crippen molar-refractivity contribution in [3.63, 3.8) is 0 Å². The number of nitrogens with two attached hydrogens (primary N) is 1. The number of aldehydes is 1. The molecule has 33 heavy (non-hydrogen) atoms. The molecular weight excluding hydrogens is 426 g/mol. The maximum atomic E-state index is 14.3. The average molecular weight is 450 g/mol. The van der Waals surface area contributed by atoms with Crippen molar-refractivity contribution in [1.29, 1.82) is 0 Å². The van der Waals surface area contributed by atoms with E-state index in [4.69, 9.17) is 5.73 Å². The summed E-state index contributed by atoms with van der Waals surface area (Å²) in [6.45, 7) is 1.30. The summed E-state index contributed by atoms with van der Waals surface area (Å²) in [6, 6.07) is 9.19. The Morgan fingerprint density at radius 2 is 1.79 bits per heavy atom. The van der Waals surface area contributed by atoms with Gasteiger partial charge in [0.2, 0.25) is 0 Å². The van der Waals surface area contributed by atoms with Crippen molar-refractivity contribution in [2.24, 2.45) is 17.9 Å². The quantitative estimate of drug-likeness (QED) is 0.334. The summed E-state index contributed by atoms with van der Waals surface area (Å²) in [4.78, 5) is 13.7. The molecule has 1 aliphatic rings. The summed E-state index contributed by atoms with van der Waals surface area (Å²) < 4.78 is 32.3. The van der Waals surface area contributed by atoms with Gasteiger partial charge in [0.05, 0.1) is 11.2 Å². The smallest absolute Gasteiger partial charge is 0.177 e. The minimum Gasteiger partial charge on any atom is -0.350 e. The minimum atomic E-state index is -0.782. The lowest BCUT2D eigenvalue weighted by molar-refractivity contribution is -0.109. The van der Waals surface area contributed by atoms with Crippen molar-refractivity contribution in [3.05, 3.63) is 66.0 Å². The predicted molar refractivity (Wildman–Crippen MR) is 125 cm³/mol. The van der Waals surface area contributed by atoms with E-state index in [-0.39, 0.29) is 11.6 Å². The van der Waals surface area contributed by atoms with E-state index in [1.807, 2.05) is 28.6 Å². The molecule has 7 nitrogen and oxygen atoms in total. The molecular formula is C24H24F2N6O. The molecule has 1 unspecified atom stereocenters. The number of amidine groups is 1. The van der Waals surface area contributed by atoms with Crippen LogP contribution in [0.4, 0.5) is 14.5 Å². The third kappa shape index (κ3) is 3.54. The highest BCUT2D eigenvalue weighted by molar-refractivity contribution is 6.21. The molecule has 170 valence electrons. The van der Waals surface area contributed by atoms with Crippen LogP contribution in [0.25, 0.3) is 21.8 Å². The summed E-state index contributed by atoms with van der Waals surface area (Å²) in [5.41, 5.74) is 11.5. The summed E-state index contributed by atoms with van der Waals surface area (Å²) in [7, 11) is 1.87. The number of hydrazone groups is 1. The lowest BCUT2D eigenvalue weighted by Crippen LogP contribution is -2.41. The maximum absolute atomic E-state index is 14.3. The Hall–Kier alpha value is -3.72. The van der Waals surface area contributed by atoms with Crippen LogP contribution >= 0.6 is 0 Å². The van der Waals surface area contributed by atoms with Crippen molar-refractivity contribution in [1.82, 2.24) is 14.6 Å². The van der Waals surface area contributed by atoms with Crippen LogP contribution in [-0.4, -0.2) is 34.0 Å². The first kappa shape index (κ1) is 21.1. The molecule has 0 bridgehead atoms. The number of nitrogens with zero attached hydrogens (tertiary/aromatic N) is 4. The monoisotopic (exact) mass is 450 g/mol. The number of halogens is 2. The highest BCUT2D eigenvalue weighted by atomic mass is 19.1. The van der Waals surface area contributed by atoms with Gasteiger partial charge >= 0.3 is 0 Å². The van der Waals surface area contributed by atoms with E-state index < -0.39 is 6.17 Å². The van der Waals surface area contributed by atoms with E-state index in [1.54, 1.807) is 17.0 Å². The van der Waals surface area contributed by atoms with Gasteiger partial charge in [-0.25, -0.2) is 8.78 Å². The highest BCUT2D eigenvalue weighted by Gasteiger charge is 2.33. The molecule has 3 heterocycles. The molecule has 0 fully saturated rings. The zero-order valence-electron chi connectivity index (χ0n) is 18.1. The number of aryl methyl sites for hydroxylation is 2. The standard InChI is InChI=1S/C24H24F2N6O/c1-30-12-19(17-10-15(25)4-6-20(17)30)24-29-28-23(14-33)32(24)22-13-31(9-3-2-8-27)21-7-5-16(26)11-18(21)22/h4-7,10-14,23,28H,2-3,8-9,27H2,1H3. The van der Waals surface area contributed by atoms with E-state index in [1.165, 1.54) is 24.3 Å². The Kier molecular flexibility index (Phi) is 5.33. The number of rotatable bonds is 7. The predicted octanol–water partition coefficient (Wildman–Crippen LogP) is 3.45. The third-order valence-electron chi connectivity index (χ3n) is 6.07. The van der Waals surface area contributed by atoms with Crippen molar-refractivity contribution in [2.75, 3.05) is 11.4 Å². The van der Waals surface area contributed by atoms with Gasteiger partial charge < -0.3 is 14.9 Å². The molecule has 5 rings (SSSR count). The summed E-state index contributed by atoms with van der Waals surface area (Å²) in [5, 5.41) is 5.77. The number of carbonyl (C=O) groups excluding carboxylic acids is 1. The van der Waals surface area contributed by atoms with Gasteiger partial charge in [-0.15, -0.1) is 0 Å². The molecule has 0 spiro atoms. The van der Waals surface area contributed by atoms with E-state index in [0.29, 0.717) is 40.9 Å². The number of fused-ring (bicyclic) bond motifs is 2. The molecule has 0 saturated heterocycles. The Bertz CT molecular complexity index is 1390. The maximum Gasteiger partial charge on any atom is 0.177 e. The molecule has 2 aromatic heterocycles. The molecule has 4 aromatic rings. The second-order valence-electron chi connectivity index (χ2n) is 8.20. The van der Waals surface area contributed by atoms with Crippen molar-refractivity contribution in [2.45, 2.75) is 25.6 Å². The first-order chi connectivity index (χ1) is 16.0. The summed E-state index contributed by atoms with van der Waals surface area (Å²) in [6.07, 6.45) is 5.47. The normalized spacial score (nSPS) is 15.9. The molecule has 9 heteroatoms. The third-order valence-corrected chi connectivity index (χ3v) is 6.07. The van der Waals surface area contributed by atoms with E-state index >= 15 is 0 Å². The van der Waals surface area contributed by atoms with Crippen molar-refractivity contribution >= 4 is 39.6 Å². The van der Waals surface area contributed by atoms with Gasteiger partial charge in [-0.05, 0) is 55.8 Å². The number of nitrogens with one attached hydrogen (secondary N) is 1. The van der Waals surface area contributed by atoms with Gasteiger partial charge in [0, 0.05) is 47.8 Å². The topological polar surface area (TPSA) is 80.6 Å². The summed E-state index contributed by atoms with van der Waals surface area (Å²) in [5.74, 6) is -0.267. The fourth-order valence-electron chi connectivity index (χ4n) is 4.51. The lowest BCUT2D eigenvalue weighted by Gasteiger charge is -2.23. The second-order valence-corrected chi connectivity index (χ2v) is 8.20. The molecule has 0 aliphatic carbocycles. The highest BCUT2D eigenvalue weighted by Crippen LogP contribution is 2.35. The first-order valence-corrected chi connectivity index (χ1v) is 10.8. The van der Waals surface area contributed by atoms with Crippen LogP contribution in [0.3, 0.4) is 0 Å². The summed E-state index contributed by atoms with van der Waals surface area (Å²) >= 11 is 0. The number of hydrogen-bond donors (Lipinski definition) is 2. The van der Waals surface area contributed by atoms with Crippen LogP contribution in [0.15, 0.2) is 53.9 Å². The number of hydrogen-bond acceptors (Lipinski definition) is 5. The van der Waals surface area contributed by atoms with E-state index in [0.717, 1.165) is 30.2 Å². The van der Waals surface area contributed by atoms with Crippen LogP contribution in [0.1, 0.15) is 18.4 Å². The first-order valence-electron chi connectivity index (χ1n) is 10.8. The number of aromatic nitrogens is 2. The van der Waals surface area contributed by atoms with Gasteiger partial charge in [-0.3, -0.25) is 15.1 Å². The van der Waals surface area contributed by atoms with Gasteiger partial charge in [0.1, 0.15) is 11.6 Å². The lowest BCUT2D eigenvalue weighted by atomic mass is 10.1. The average Bonchev–Trinajstić information content (AvgIpc) is 3.47. The fraction of sp³-hybridized carbons (Fsp3) is 0.250. The minimum absolute atomic E-state index is 0.362. The largest absolute Gasteiger partial charge is 0.350 e. The number of benzene rings is 2. The van der Waals surface area contributed by atoms with Gasteiger partial charge in [-0.1, -0.05) is 0 Å².